The first kappa shape index (κ1) is 22.3. The van der Waals surface area contributed by atoms with Crippen LogP contribution in [0.15, 0.2) is 60.1 Å². The van der Waals surface area contributed by atoms with Gasteiger partial charge >= 0.3 is 6.18 Å². The number of aliphatic imine (C=N–C) groups is 1. The molecule has 0 atom stereocenters. The lowest BCUT2D eigenvalue weighted by Crippen LogP contribution is -2.10. The van der Waals surface area contributed by atoms with E-state index in [1.165, 1.54) is 29.5 Å². The van der Waals surface area contributed by atoms with Crippen LogP contribution in [0.5, 0.6) is 0 Å². The SMILES string of the molecule is C=C(SC(Cc1cccc(C(F)(F)F)c1)=NCC)c1ccc(C(C)(C)C)cc1. The Morgan fingerprint density at radius 1 is 1.00 bits per heavy atom. The Morgan fingerprint density at radius 3 is 2.18 bits per heavy atom. The normalized spacial score (nSPS) is 12.9. The molecule has 0 fully saturated rings. The molecule has 0 bridgehead atoms. The first-order chi connectivity index (χ1) is 13.0. The van der Waals surface area contributed by atoms with Crippen LogP contribution in [0.3, 0.4) is 0 Å². The van der Waals surface area contributed by atoms with E-state index in [9.17, 15) is 13.2 Å². The zero-order chi connectivity index (χ0) is 20.9. The van der Waals surface area contributed by atoms with Crippen LogP contribution in [-0.4, -0.2) is 11.6 Å². The lowest BCUT2D eigenvalue weighted by molar-refractivity contribution is -0.137. The van der Waals surface area contributed by atoms with Gasteiger partial charge in [-0.3, -0.25) is 4.99 Å². The molecule has 0 unspecified atom stereocenters. The van der Waals surface area contributed by atoms with Crippen LogP contribution in [0.25, 0.3) is 4.91 Å². The smallest absolute Gasteiger partial charge is 0.282 e. The highest BCUT2D eigenvalue weighted by Gasteiger charge is 2.30. The molecule has 150 valence electrons. The number of hydrogen-bond donors (Lipinski definition) is 0. The van der Waals surface area contributed by atoms with Crippen LogP contribution in [-0.2, 0) is 18.0 Å². The van der Waals surface area contributed by atoms with Crippen molar-refractivity contribution in [3.05, 3.63) is 77.4 Å². The van der Waals surface area contributed by atoms with Crippen molar-refractivity contribution in [1.29, 1.82) is 0 Å². The predicted molar refractivity (Wildman–Crippen MR) is 115 cm³/mol. The maximum atomic E-state index is 13.0. The summed E-state index contributed by atoms with van der Waals surface area (Å²) in [5.41, 5.74) is 2.25. The van der Waals surface area contributed by atoms with Gasteiger partial charge in [0.1, 0.15) is 0 Å². The molecule has 0 saturated carbocycles. The van der Waals surface area contributed by atoms with E-state index in [4.69, 9.17) is 0 Å². The van der Waals surface area contributed by atoms with E-state index in [2.05, 4.69) is 44.5 Å². The molecule has 0 aromatic heterocycles. The summed E-state index contributed by atoms with van der Waals surface area (Å²) in [7, 11) is 0. The summed E-state index contributed by atoms with van der Waals surface area (Å²) in [6.45, 7) is 13.1. The molecule has 0 aliphatic heterocycles. The summed E-state index contributed by atoms with van der Waals surface area (Å²) in [4.78, 5) is 5.30. The molecular weight excluding hydrogens is 379 g/mol. The Hall–Kier alpha value is -2.01. The number of benzene rings is 2. The third kappa shape index (κ3) is 6.26. The van der Waals surface area contributed by atoms with Gasteiger partial charge in [0.15, 0.2) is 0 Å². The summed E-state index contributed by atoms with van der Waals surface area (Å²) >= 11 is 1.42. The molecular formula is C23H26F3NS. The van der Waals surface area contributed by atoms with E-state index in [0.717, 1.165) is 21.6 Å². The summed E-state index contributed by atoms with van der Waals surface area (Å²) < 4.78 is 38.9. The van der Waals surface area contributed by atoms with E-state index < -0.39 is 11.7 Å². The number of nitrogens with zero attached hydrogens (tertiary/aromatic N) is 1. The van der Waals surface area contributed by atoms with Crippen molar-refractivity contribution in [3.8, 4) is 0 Å². The Kier molecular flexibility index (Phi) is 7.16. The van der Waals surface area contributed by atoms with Crippen molar-refractivity contribution in [1.82, 2.24) is 0 Å². The first-order valence-corrected chi connectivity index (χ1v) is 9.99. The standard InChI is InChI=1S/C23H26F3NS/c1-6-27-21(15-17-8-7-9-20(14-17)23(24,25)26)28-16(2)18-10-12-19(13-11-18)22(3,4)5/h7-14H,2,6,15H2,1,3-5H3. The molecule has 0 spiro atoms. The van der Waals surface area contributed by atoms with Crippen molar-refractivity contribution in [2.45, 2.75) is 45.7 Å². The molecule has 5 heteroatoms. The van der Waals surface area contributed by atoms with Gasteiger partial charge < -0.3 is 0 Å². The average molecular weight is 406 g/mol. The van der Waals surface area contributed by atoms with E-state index in [-0.39, 0.29) is 5.41 Å². The Morgan fingerprint density at radius 2 is 1.64 bits per heavy atom. The largest absolute Gasteiger partial charge is 0.416 e. The van der Waals surface area contributed by atoms with Crippen molar-refractivity contribution in [2.24, 2.45) is 4.99 Å². The Balaban J connectivity index is 2.15. The van der Waals surface area contributed by atoms with Crippen LogP contribution in [0.4, 0.5) is 13.2 Å². The Labute approximate surface area is 169 Å². The highest BCUT2D eigenvalue weighted by Crippen LogP contribution is 2.32. The van der Waals surface area contributed by atoms with Gasteiger partial charge in [0.2, 0.25) is 0 Å². The van der Waals surface area contributed by atoms with Crippen molar-refractivity contribution < 1.29 is 13.2 Å². The fraction of sp³-hybridized carbons (Fsp3) is 0.348. The second-order valence-corrected chi connectivity index (χ2v) is 8.76. The predicted octanol–water partition coefficient (Wildman–Crippen LogP) is 7.37. The fourth-order valence-electron chi connectivity index (χ4n) is 2.69. The summed E-state index contributed by atoms with van der Waals surface area (Å²) in [6, 6.07) is 13.6. The molecule has 0 aliphatic carbocycles. The minimum absolute atomic E-state index is 0.0747. The lowest BCUT2D eigenvalue weighted by atomic mass is 9.87. The summed E-state index contributed by atoms with van der Waals surface area (Å²) in [5.74, 6) is 0. The molecule has 0 amide bonds. The fourth-order valence-corrected chi connectivity index (χ4v) is 3.66. The summed E-state index contributed by atoms with van der Waals surface area (Å²) in [6.07, 6.45) is -3.99. The third-order valence-corrected chi connectivity index (χ3v) is 5.25. The monoisotopic (exact) mass is 405 g/mol. The molecule has 0 heterocycles. The quantitative estimate of drug-likeness (QED) is 0.374. The second kappa shape index (κ2) is 8.99. The van der Waals surface area contributed by atoms with Gasteiger partial charge in [0.05, 0.1) is 10.6 Å². The molecule has 0 radical (unpaired) electrons. The number of rotatable bonds is 5. The first-order valence-electron chi connectivity index (χ1n) is 9.18. The minimum atomic E-state index is -4.34. The number of thioether (sulfide) groups is 1. The maximum Gasteiger partial charge on any atom is 0.416 e. The van der Waals surface area contributed by atoms with Gasteiger partial charge in [0.25, 0.3) is 0 Å². The van der Waals surface area contributed by atoms with Gasteiger partial charge in [-0.1, -0.05) is 81.6 Å². The minimum Gasteiger partial charge on any atom is -0.282 e. The molecule has 0 aliphatic rings. The Bertz CT molecular complexity index is 843. The third-order valence-electron chi connectivity index (χ3n) is 4.26. The lowest BCUT2D eigenvalue weighted by Gasteiger charge is -2.19. The topological polar surface area (TPSA) is 12.4 Å². The zero-order valence-electron chi connectivity index (χ0n) is 16.7. The summed E-state index contributed by atoms with van der Waals surface area (Å²) in [5, 5.41) is 0.756. The average Bonchev–Trinajstić information content (AvgIpc) is 2.61. The number of halogens is 3. The van der Waals surface area contributed by atoms with E-state index >= 15 is 0 Å². The molecule has 2 rings (SSSR count). The molecule has 1 nitrogen and oxygen atoms in total. The van der Waals surface area contributed by atoms with Crippen molar-refractivity contribution in [3.63, 3.8) is 0 Å². The number of alkyl halides is 3. The van der Waals surface area contributed by atoms with E-state index in [0.29, 0.717) is 18.5 Å². The van der Waals surface area contributed by atoms with Crippen molar-refractivity contribution >= 4 is 21.7 Å². The highest BCUT2D eigenvalue weighted by atomic mass is 32.2. The van der Waals surface area contributed by atoms with Crippen LogP contribution < -0.4 is 0 Å². The van der Waals surface area contributed by atoms with E-state index in [1.807, 2.05) is 19.1 Å². The molecule has 0 N–H and O–H groups in total. The molecule has 28 heavy (non-hydrogen) atoms. The molecule has 2 aromatic rings. The highest BCUT2D eigenvalue weighted by molar-refractivity contribution is 8.21. The van der Waals surface area contributed by atoms with Gasteiger partial charge in [-0.25, -0.2) is 0 Å². The van der Waals surface area contributed by atoms with Gasteiger partial charge in [0, 0.05) is 17.9 Å². The van der Waals surface area contributed by atoms with Crippen molar-refractivity contribution in [2.75, 3.05) is 6.54 Å². The molecule has 2 aromatic carbocycles. The van der Waals surface area contributed by atoms with Gasteiger partial charge in [-0.2, -0.15) is 13.2 Å². The van der Waals surface area contributed by atoms with Crippen LogP contribution in [0.1, 0.15) is 49.9 Å². The van der Waals surface area contributed by atoms with E-state index in [1.54, 1.807) is 6.07 Å². The molecule has 0 saturated heterocycles. The number of hydrogen-bond acceptors (Lipinski definition) is 2. The van der Waals surface area contributed by atoms with Gasteiger partial charge in [-0.05, 0) is 35.1 Å². The van der Waals surface area contributed by atoms with Crippen LogP contribution >= 0.6 is 11.8 Å². The maximum absolute atomic E-state index is 13.0. The van der Waals surface area contributed by atoms with Crippen LogP contribution in [0.2, 0.25) is 0 Å². The van der Waals surface area contributed by atoms with Gasteiger partial charge in [-0.15, -0.1) is 0 Å². The zero-order valence-corrected chi connectivity index (χ0v) is 17.5. The van der Waals surface area contributed by atoms with Crippen LogP contribution in [0, 0.1) is 0 Å². The second-order valence-electron chi connectivity index (χ2n) is 7.60.